The maximum Gasteiger partial charge on any atom is 0.122 e. The van der Waals surface area contributed by atoms with Gasteiger partial charge in [0.25, 0.3) is 0 Å². The summed E-state index contributed by atoms with van der Waals surface area (Å²) in [5.41, 5.74) is 4.81. The fourth-order valence-electron chi connectivity index (χ4n) is 3.92. The van der Waals surface area contributed by atoms with Gasteiger partial charge in [0, 0.05) is 18.7 Å². The fraction of sp³-hybridized carbons (Fsp3) is 0.455. The number of phenolic OH excluding ortho intramolecular Hbond substituents is 1. The Morgan fingerprint density at radius 1 is 1.00 bits per heavy atom. The van der Waals surface area contributed by atoms with E-state index >= 15 is 0 Å². The van der Waals surface area contributed by atoms with Crippen LogP contribution in [0.15, 0.2) is 42.5 Å². The lowest BCUT2D eigenvalue weighted by atomic mass is 9.83. The Balaban J connectivity index is 1.75. The van der Waals surface area contributed by atoms with Crippen LogP contribution in [0.3, 0.4) is 0 Å². The molecular weight excluding hydrogens is 294 g/mol. The van der Waals surface area contributed by atoms with E-state index in [1.807, 2.05) is 13.0 Å². The van der Waals surface area contributed by atoms with Crippen molar-refractivity contribution in [1.82, 2.24) is 4.90 Å². The zero-order valence-electron chi connectivity index (χ0n) is 15.0. The van der Waals surface area contributed by atoms with Gasteiger partial charge in [0.1, 0.15) is 5.75 Å². The second-order valence-electron chi connectivity index (χ2n) is 7.34. The predicted molar refractivity (Wildman–Crippen MR) is 100 cm³/mol. The minimum absolute atomic E-state index is 0.467. The van der Waals surface area contributed by atoms with Crippen molar-refractivity contribution >= 4 is 0 Å². The normalized spacial score (nSPS) is 15.8. The highest BCUT2D eigenvalue weighted by molar-refractivity contribution is 5.44. The molecule has 2 nitrogen and oxygen atoms in total. The Morgan fingerprint density at radius 2 is 1.71 bits per heavy atom. The van der Waals surface area contributed by atoms with Crippen LogP contribution in [-0.4, -0.2) is 17.1 Å². The summed E-state index contributed by atoms with van der Waals surface area (Å²) in [7, 11) is 2.12. The van der Waals surface area contributed by atoms with Gasteiger partial charge < -0.3 is 5.11 Å². The van der Waals surface area contributed by atoms with E-state index in [0.29, 0.717) is 11.7 Å². The van der Waals surface area contributed by atoms with E-state index in [-0.39, 0.29) is 0 Å². The lowest BCUT2D eigenvalue weighted by Crippen LogP contribution is -2.18. The topological polar surface area (TPSA) is 23.5 Å². The van der Waals surface area contributed by atoms with Gasteiger partial charge >= 0.3 is 0 Å². The molecule has 0 spiro atoms. The van der Waals surface area contributed by atoms with Gasteiger partial charge in [-0.05, 0) is 49.4 Å². The zero-order valence-corrected chi connectivity index (χ0v) is 15.0. The third-order valence-corrected chi connectivity index (χ3v) is 5.21. The van der Waals surface area contributed by atoms with Gasteiger partial charge in [-0.15, -0.1) is 0 Å². The SMILES string of the molecule is Cc1cc(C2CCCCC2)cc(CN(C)Cc2ccccc2)c1O. The van der Waals surface area contributed by atoms with E-state index in [1.54, 1.807) is 0 Å². The van der Waals surface area contributed by atoms with Gasteiger partial charge in [-0.2, -0.15) is 0 Å². The summed E-state index contributed by atoms with van der Waals surface area (Å²) < 4.78 is 0. The molecule has 0 aliphatic heterocycles. The molecule has 1 saturated carbocycles. The maximum atomic E-state index is 10.5. The number of hydrogen-bond acceptors (Lipinski definition) is 2. The average molecular weight is 323 g/mol. The van der Waals surface area contributed by atoms with Crippen molar-refractivity contribution < 1.29 is 5.11 Å². The first-order valence-electron chi connectivity index (χ1n) is 9.18. The predicted octanol–water partition coefficient (Wildman–Crippen LogP) is 5.38. The van der Waals surface area contributed by atoms with Gasteiger partial charge in [0.05, 0.1) is 0 Å². The molecule has 0 amide bonds. The molecule has 2 aromatic carbocycles. The quantitative estimate of drug-likeness (QED) is 0.798. The van der Waals surface area contributed by atoms with Crippen molar-refractivity contribution in [1.29, 1.82) is 0 Å². The number of nitrogens with zero attached hydrogens (tertiary/aromatic N) is 1. The summed E-state index contributed by atoms with van der Waals surface area (Å²) in [6.45, 7) is 3.71. The molecule has 0 unspecified atom stereocenters. The monoisotopic (exact) mass is 323 g/mol. The van der Waals surface area contributed by atoms with Crippen molar-refractivity contribution in [3.05, 3.63) is 64.7 Å². The first-order chi connectivity index (χ1) is 11.6. The third kappa shape index (κ3) is 4.18. The van der Waals surface area contributed by atoms with E-state index in [0.717, 1.165) is 24.2 Å². The summed E-state index contributed by atoms with van der Waals surface area (Å²) in [4.78, 5) is 2.27. The molecule has 0 radical (unpaired) electrons. The molecule has 2 aromatic rings. The standard InChI is InChI=1S/C22H29NO/c1-17-13-20(19-11-7-4-8-12-19)14-21(22(17)24)16-23(2)15-18-9-5-3-6-10-18/h3,5-6,9-10,13-14,19,24H,4,7-8,11-12,15-16H2,1-2H3. The van der Waals surface area contributed by atoms with Crippen LogP contribution in [0.5, 0.6) is 5.75 Å². The molecule has 3 rings (SSSR count). The Morgan fingerprint density at radius 3 is 2.42 bits per heavy atom. The van der Waals surface area contributed by atoms with Gasteiger partial charge in [-0.3, -0.25) is 4.90 Å². The Hall–Kier alpha value is -1.80. The Bertz CT molecular complexity index is 659. The number of hydrogen-bond donors (Lipinski definition) is 1. The van der Waals surface area contributed by atoms with Crippen molar-refractivity contribution in [2.24, 2.45) is 0 Å². The molecule has 1 aliphatic rings. The van der Waals surface area contributed by atoms with Crippen LogP contribution in [0.2, 0.25) is 0 Å². The second-order valence-corrected chi connectivity index (χ2v) is 7.34. The molecule has 0 aromatic heterocycles. The van der Waals surface area contributed by atoms with Crippen LogP contribution in [0.25, 0.3) is 0 Å². The molecule has 0 saturated heterocycles. The highest BCUT2D eigenvalue weighted by atomic mass is 16.3. The number of aromatic hydroxyl groups is 1. The van der Waals surface area contributed by atoms with E-state index in [4.69, 9.17) is 0 Å². The van der Waals surface area contributed by atoms with Crippen molar-refractivity contribution in [3.8, 4) is 5.75 Å². The lowest BCUT2D eigenvalue weighted by Gasteiger charge is -2.24. The van der Waals surface area contributed by atoms with Crippen LogP contribution in [-0.2, 0) is 13.1 Å². The van der Waals surface area contributed by atoms with E-state index < -0.39 is 0 Å². The highest BCUT2D eigenvalue weighted by Crippen LogP contribution is 2.36. The van der Waals surface area contributed by atoms with Crippen molar-refractivity contribution in [3.63, 3.8) is 0 Å². The van der Waals surface area contributed by atoms with E-state index in [1.165, 1.54) is 43.2 Å². The lowest BCUT2D eigenvalue weighted by molar-refractivity contribution is 0.312. The Labute approximate surface area is 146 Å². The smallest absolute Gasteiger partial charge is 0.122 e. The average Bonchev–Trinajstić information content (AvgIpc) is 2.60. The summed E-state index contributed by atoms with van der Waals surface area (Å²) in [6.07, 6.45) is 6.65. The number of benzene rings is 2. The molecular formula is C22H29NO. The van der Waals surface area contributed by atoms with Crippen LogP contribution < -0.4 is 0 Å². The van der Waals surface area contributed by atoms with Crippen LogP contribution in [0, 0.1) is 6.92 Å². The molecule has 1 N–H and O–H groups in total. The number of aryl methyl sites for hydroxylation is 1. The van der Waals surface area contributed by atoms with Crippen LogP contribution >= 0.6 is 0 Å². The highest BCUT2D eigenvalue weighted by Gasteiger charge is 2.18. The minimum atomic E-state index is 0.467. The minimum Gasteiger partial charge on any atom is -0.507 e. The second kappa shape index (κ2) is 7.85. The molecule has 2 heteroatoms. The zero-order chi connectivity index (χ0) is 16.9. The molecule has 1 fully saturated rings. The molecule has 1 aliphatic carbocycles. The van der Waals surface area contributed by atoms with Gasteiger partial charge in [-0.25, -0.2) is 0 Å². The summed E-state index contributed by atoms with van der Waals surface area (Å²) in [5.74, 6) is 1.14. The number of phenols is 1. The van der Waals surface area contributed by atoms with Gasteiger partial charge in [-0.1, -0.05) is 61.7 Å². The van der Waals surface area contributed by atoms with Crippen LogP contribution in [0.1, 0.15) is 60.3 Å². The maximum absolute atomic E-state index is 10.5. The third-order valence-electron chi connectivity index (χ3n) is 5.21. The van der Waals surface area contributed by atoms with Gasteiger partial charge in [0.15, 0.2) is 0 Å². The van der Waals surface area contributed by atoms with Crippen molar-refractivity contribution in [2.75, 3.05) is 7.05 Å². The summed E-state index contributed by atoms with van der Waals surface area (Å²) >= 11 is 0. The molecule has 24 heavy (non-hydrogen) atoms. The largest absolute Gasteiger partial charge is 0.507 e. The molecule has 128 valence electrons. The summed E-state index contributed by atoms with van der Waals surface area (Å²) in [5, 5.41) is 10.5. The van der Waals surface area contributed by atoms with Crippen LogP contribution in [0.4, 0.5) is 0 Å². The van der Waals surface area contributed by atoms with E-state index in [9.17, 15) is 5.11 Å². The fourth-order valence-corrected chi connectivity index (χ4v) is 3.92. The number of rotatable bonds is 5. The first-order valence-corrected chi connectivity index (χ1v) is 9.18. The van der Waals surface area contributed by atoms with E-state index in [2.05, 4.69) is 48.3 Å². The molecule has 0 heterocycles. The van der Waals surface area contributed by atoms with Crippen molar-refractivity contribution in [2.45, 2.75) is 58.0 Å². The molecule has 0 atom stereocenters. The molecule has 0 bridgehead atoms. The van der Waals surface area contributed by atoms with Gasteiger partial charge in [0.2, 0.25) is 0 Å². The Kier molecular flexibility index (Phi) is 5.57. The first kappa shape index (κ1) is 17.0. The summed E-state index contributed by atoms with van der Waals surface area (Å²) in [6, 6.07) is 15.0.